The normalized spacial score (nSPS) is 31.5. The quantitative estimate of drug-likeness (QED) is 0.0781. The van der Waals surface area contributed by atoms with Gasteiger partial charge in [0.25, 0.3) is 0 Å². The lowest BCUT2D eigenvalue weighted by atomic mass is 9.44. The van der Waals surface area contributed by atoms with Gasteiger partial charge in [0.15, 0.2) is 23.6 Å². The van der Waals surface area contributed by atoms with Gasteiger partial charge >= 0.3 is 36.3 Å². The number of aliphatic hydroxyl groups excluding tert-OH is 1. The minimum atomic E-state index is -4.19. The molecule has 1 heterocycles. The van der Waals surface area contributed by atoms with Gasteiger partial charge in [0.2, 0.25) is 7.59 Å². The van der Waals surface area contributed by atoms with Gasteiger partial charge in [-0.25, -0.2) is 24.0 Å². The van der Waals surface area contributed by atoms with Crippen LogP contribution in [0.15, 0.2) is 71.8 Å². The first-order valence-electron chi connectivity index (χ1n) is 26.7. The Morgan fingerprint density at radius 1 is 0.851 bits per heavy atom. The fourth-order valence-corrected chi connectivity index (χ4v) is 10.5. The van der Waals surface area contributed by atoms with Gasteiger partial charge in [-0.1, -0.05) is 132 Å². The maximum atomic E-state index is 16.4. The van der Waals surface area contributed by atoms with Crippen molar-refractivity contribution in [3.8, 4) is 0 Å². The van der Waals surface area contributed by atoms with Crippen LogP contribution in [0, 0.1) is 16.7 Å². The van der Waals surface area contributed by atoms with Gasteiger partial charge in [-0.2, -0.15) is 0 Å². The summed E-state index contributed by atoms with van der Waals surface area (Å²) in [6.07, 6.45) is -19.3. The van der Waals surface area contributed by atoms with Crippen molar-refractivity contribution in [1.82, 2.24) is 5.32 Å². The Bertz CT molecular complexity index is 2820. The van der Waals surface area contributed by atoms with Crippen LogP contribution in [0.5, 0.6) is 0 Å². The maximum absolute atomic E-state index is 16.4. The van der Waals surface area contributed by atoms with E-state index in [0.29, 0.717) is 0 Å². The molecular weight excluding hydrogens is 1100 g/mol. The van der Waals surface area contributed by atoms with E-state index >= 15 is 4.79 Å². The lowest BCUT2D eigenvalue weighted by Gasteiger charge is -2.67. The molecule has 2 aromatic rings. The molecule has 2 aromatic carbocycles. The van der Waals surface area contributed by atoms with Gasteiger partial charge in [-0.3, -0.25) is 9.59 Å². The average Bonchev–Trinajstić information content (AvgIpc) is 1.38. The molecule has 1 amide bonds. The topological polar surface area (TPSA) is 255 Å². The number of alkyl halides is 6. The number of aliphatic hydroxyl groups is 2. The lowest BCUT2D eigenvalue weighted by Crippen LogP contribution is -2.82. The lowest BCUT2D eigenvalue weighted by molar-refractivity contribution is -0.346. The van der Waals surface area contributed by atoms with E-state index in [-0.39, 0.29) is 16.7 Å². The first kappa shape index (κ1) is 46.9. The minimum absolute atomic E-state index is 0.149. The van der Waals surface area contributed by atoms with E-state index in [1.54, 1.807) is 6.07 Å². The Hall–Kier alpha value is -4.31. The molecule has 1 saturated heterocycles. The molecule has 3 fully saturated rings. The Labute approximate surface area is 468 Å². The molecule has 0 spiro atoms. The average molecular weight is 1170 g/mol. The highest BCUT2D eigenvalue weighted by molar-refractivity contribution is 6.68. The van der Waals surface area contributed by atoms with Crippen LogP contribution in [0.4, 0.5) is 14.4 Å². The number of alkyl carbamates (subject to hydrolysis) is 1. The van der Waals surface area contributed by atoms with Gasteiger partial charge in [-0.15, -0.1) is 0 Å². The Balaban J connectivity index is 1.59. The number of esters is 3. The largest absolute Gasteiger partial charge is 0.509 e. The highest BCUT2D eigenvalue weighted by Gasteiger charge is 2.79. The Morgan fingerprint density at radius 3 is 1.95 bits per heavy atom. The fourth-order valence-electron chi connectivity index (χ4n) is 10.2. The number of rotatable bonds is 12. The van der Waals surface area contributed by atoms with Crippen LogP contribution in [0.25, 0.3) is 0 Å². The highest BCUT2D eigenvalue weighted by atomic mass is 35.6. The zero-order valence-corrected chi connectivity index (χ0v) is 44.2. The molecule has 74 heavy (non-hydrogen) atoms. The predicted molar refractivity (Wildman–Crippen MR) is 265 cm³/mol. The van der Waals surface area contributed by atoms with Crippen molar-refractivity contribution < 1.29 is 98.7 Å². The zero-order valence-electron chi connectivity index (χ0n) is 48.6. The van der Waals surface area contributed by atoms with Crippen LogP contribution in [0.1, 0.15) is 102 Å². The second kappa shape index (κ2) is 22.0. The molecule has 0 aromatic heterocycles. The van der Waals surface area contributed by atoms with Gasteiger partial charge in [0.05, 0.1) is 29.5 Å². The predicted octanol–water partition coefficient (Wildman–Crippen LogP) is 8.32. The van der Waals surface area contributed by atoms with E-state index in [0.717, 1.165) is 6.92 Å². The Kier molecular flexibility index (Phi) is 13.9. The van der Waals surface area contributed by atoms with E-state index in [4.69, 9.17) is 125 Å². The number of ketones is 1. The number of Topliss-reactive ketones (excluding diaryl/α,β-unsaturated/α-hetero) is 1. The highest BCUT2D eigenvalue weighted by Crippen LogP contribution is 2.65. The Morgan fingerprint density at radius 2 is 1.42 bits per heavy atom. The van der Waals surface area contributed by atoms with E-state index in [1.807, 2.05) is 5.32 Å². The molecule has 4 aliphatic rings. The third kappa shape index (κ3) is 12.4. The summed E-state index contributed by atoms with van der Waals surface area (Å²) in [7, 11) is 0. The minimum Gasteiger partial charge on any atom is -0.456 e. The fraction of sp³-hybridized carbons (Fsp3) is 0.571. The number of hydrogen-bond donors (Lipinski definition) is 3. The molecule has 3 N–H and O–H groups in total. The second-order valence-corrected chi connectivity index (χ2v) is 23.7. The summed E-state index contributed by atoms with van der Waals surface area (Å²) >= 11 is 35.3. The maximum Gasteiger partial charge on any atom is 0.509 e. The van der Waals surface area contributed by atoms with E-state index < -0.39 is 185 Å². The summed E-state index contributed by atoms with van der Waals surface area (Å²) in [5.41, 5.74) is -14.8. The first-order valence-corrected chi connectivity index (χ1v) is 24.5. The summed E-state index contributed by atoms with van der Waals surface area (Å²) in [6, 6.07) is 11.6. The number of hydrogen-bond acceptors (Lipinski definition) is 18. The number of carbonyl (C=O) groups excluding carboxylic acids is 7. The SMILES string of the molecule is [2H]C([2H])([2H])C(OC(=O)N[C@@H](c1ccccc1)[C@@H](O)C(=O)O[C@H]1CC2(O)[C@@H](OC(=O)c3ccccc3)[C@@H]3[C@]4(OC(C)=O)CO[C@@H]4C[C@H](OC(=O)OCC(Cl)(Cl)Cl)[C@@]3(C)C(=O)[C@H](OC(=O)OCC(Cl)(Cl)Cl)C(=C1C)C2(C)C)(C([2H])([2H])[2H])C([2H])([2H])[2H]. The van der Waals surface area contributed by atoms with Crippen LogP contribution in [0.2, 0.25) is 0 Å². The molecule has 1 aliphatic heterocycles. The standard InChI is InChI=1S/C49H55Cl6NO18/c1-24-28(69-39(61)33(58)32(26-15-11-9-12-16-26)56-40(62)74-43(3,4)5)20-47(65)37(72-38(60)27-17-13-10-14-18-27)35-45(8,36(59)34(31(24)44(47,6)7)71-42(64)68-23-49(53,54)55)29(70-41(63)67-22-48(50,51)52)19-30-46(35,21-66-30)73-25(2)57/h9-18,28-30,32-35,37,58,65H,19-23H2,1-8H3,(H,56,62)/t28-,29-,30+,32-,33+,34+,35-,37-,45+,46-,47?/m0/s1/i3D3,4D3,5D3. The first-order chi connectivity index (χ1) is 37.9. The van der Waals surface area contributed by atoms with Crippen molar-refractivity contribution in [2.24, 2.45) is 16.7 Å². The number of ether oxygens (including phenoxy) is 9. The van der Waals surface area contributed by atoms with E-state index in [2.05, 4.69) is 0 Å². The number of amides is 1. The molecule has 19 nitrogen and oxygen atoms in total. The van der Waals surface area contributed by atoms with Gasteiger partial charge in [0, 0.05) is 37.5 Å². The molecule has 1 unspecified atom stereocenters. The summed E-state index contributed by atoms with van der Waals surface area (Å²) < 4.78 is 118. The number of fused-ring (bicyclic) bond motifs is 5. The molecule has 406 valence electrons. The summed E-state index contributed by atoms with van der Waals surface area (Å²) in [6.45, 7) is -8.64. The van der Waals surface area contributed by atoms with Crippen LogP contribution < -0.4 is 5.32 Å². The van der Waals surface area contributed by atoms with E-state index in [1.165, 1.54) is 82.3 Å². The molecule has 6 rings (SSSR count). The van der Waals surface area contributed by atoms with Crippen LogP contribution in [0.3, 0.4) is 0 Å². The summed E-state index contributed by atoms with van der Waals surface area (Å²) in [5, 5.41) is 28.1. The van der Waals surface area contributed by atoms with Gasteiger partial charge in [0.1, 0.15) is 48.8 Å². The number of halogens is 6. The van der Waals surface area contributed by atoms with Crippen LogP contribution >= 0.6 is 69.6 Å². The van der Waals surface area contributed by atoms with Crippen molar-refractivity contribution in [3.05, 3.63) is 82.9 Å². The third-order valence-electron chi connectivity index (χ3n) is 13.5. The molecule has 2 saturated carbocycles. The molecule has 25 heteroatoms. The summed E-state index contributed by atoms with van der Waals surface area (Å²) in [4.78, 5) is 101. The molecule has 3 aliphatic carbocycles. The smallest absolute Gasteiger partial charge is 0.456 e. The molecule has 2 bridgehead atoms. The van der Waals surface area contributed by atoms with Crippen molar-refractivity contribution in [1.29, 1.82) is 0 Å². The third-order valence-corrected chi connectivity index (χ3v) is 14.2. The number of carbonyl (C=O) groups is 7. The number of benzene rings is 2. The van der Waals surface area contributed by atoms with Crippen molar-refractivity contribution >= 4 is 112 Å². The molecular formula is C49H55Cl6NO18. The molecule has 11 atom stereocenters. The van der Waals surface area contributed by atoms with Gasteiger partial charge in [-0.05, 0) is 63.2 Å². The summed E-state index contributed by atoms with van der Waals surface area (Å²) in [5.74, 6) is -7.16. The van der Waals surface area contributed by atoms with Crippen molar-refractivity contribution in [3.63, 3.8) is 0 Å². The second-order valence-electron chi connectivity index (χ2n) is 18.6. The van der Waals surface area contributed by atoms with Crippen molar-refractivity contribution in [2.45, 2.75) is 135 Å². The van der Waals surface area contributed by atoms with Crippen LogP contribution in [-0.4, -0.2) is 133 Å². The van der Waals surface area contributed by atoms with E-state index in [9.17, 15) is 39.0 Å². The van der Waals surface area contributed by atoms with Gasteiger partial charge < -0.3 is 58.2 Å². The zero-order chi connectivity index (χ0) is 62.6. The molecule has 0 radical (unpaired) electrons. The monoisotopic (exact) mass is 1160 g/mol. The number of nitrogens with one attached hydrogen (secondary N) is 1. The van der Waals surface area contributed by atoms with Crippen LogP contribution in [-0.2, 0) is 57.0 Å². The van der Waals surface area contributed by atoms with Crippen molar-refractivity contribution in [2.75, 3.05) is 19.8 Å².